The molecule has 1 aliphatic heterocycles. The van der Waals surface area contributed by atoms with E-state index in [9.17, 15) is 9.59 Å². The normalized spacial score (nSPS) is 19.2. The predicted octanol–water partition coefficient (Wildman–Crippen LogP) is 6.01. The van der Waals surface area contributed by atoms with E-state index in [4.69, 9.17) is 23.2 Å². The van der Waals surface area contributed by atoms with Crippen molar-refractivity contribution in [2.24, 2.45) is 0 Å². The number of amides is 3. The van der Waals surface area contributed by atoms with Crippen LogP contribution in [-0.2, 0) is 11.2 Å². The van der Waals surface area contributed by atoms with Crippen molar-refractivity contribution in [3.8, 4) is 0 Å². The van der Waals surface area contributed by atoms with E-state index in [1.54, 1.807) is 23.1 Å². The molecule has 0 bridgehead atoms. The monoisotopic (exact) mass is 540 g/mol. The molecule has 8 heteroatoms. The number of halogens is 3. The lowest BCUT2D eigenvalue weighted by Gasteiger charge is -2.32. The molecule has 0 radical (unpaired) electrons. The molecule has 2 aromatic rings. The minimum Gasteiger partial charge on any atom is -0.331 e. The zero-order valence-corrected chi connectivity index (χ0v) is 22.0. The highest BCUT2D eigenvalue weighted by atomic mass is 79.9. The number of quaternary nitrogens is 1. The van der Waals surface area contributed by atoms with Crippen molar-refractivity contribution in [2.75, 3.05) is 39.1 Å². The fourth-order valence-electron chi connectivity index (χ4n) is 4.04. The van der Waals surface area contributed by atoms with Crippen molar-refractivity contribution in [3.05, 3.63) is 62.5 Å². The fraction of sp³-hybridized carbons (Fsp3) is 0.417. The topological polar surface area (TPSA) is 40.6 Å². The van der Waals surface area contributed by atoms with E-state index in [-0.39, 0.29) is 11.9 Å². The van der Waals surface area contributed by atoms with Gasteiger partial charge in [-0.05, 0) is 55.7 Å². The van der Waals surface area contributed by atoms with Crippen LogP contribution in [0.3, 0.4) is 0 Å². The Kier molecular flexibility index (Phi) is 7.60. The Balaban J connectivity index is 1.93. The minimum atomic E-state index is -1.00. The number of anilines is 1. The summed E-state index contributed by atoms with van der Waals surface area (Å²) in [6, 6.07) is 12.3. The third kappa shape index (κ3) is 5.66. The van der Waals surface area contributed by atoms with E-state index >= 15 is 0 Å². The molecule has 172 valence electrons. The van der Waals surface area contributed by atoms with Crippen molar-refractivity contribution in [3.63, 3.8) is 0 Å². The van der Waals surface area contributed by atoms with E-state index in [1.807, 2.05) is 31.2 Å². The molecule has 0 spiro atoms. The quantitative estimate of drug-likeness (QED) is 0.233. The van der Waals surface area contributed by atoms with E-state index in [2.05, 4.69) is 37.1 Å². The molecular formula is C24H29BrCl2N3O2+. The van der Waals surface area contributed by atoms with Crippen molar-refractivity contribution in [1.82, 2.24) is 4.90 Å². The van der Waals surface area contributed by atoms with Crippen LogP contribution in [0.25, 0.3) is 0 Å². The van der Waals surface area contributed by atoms with Gasteiger partial charge in [0.25, 0.3) is 5.91 Å². The Morgan fingerprint density at radius 1 is 0.969 bits per heavy atom. The number of nitrogens with zero attached hydrogens (tertiary/aromatic N) is 3. The van der Waals surface area contributed by atoms with Crippen molar-refractivity contribution in [2.45, 2.75) is 31.7 Å². The van der Waals surface area contributed by atoms with Crippen LogP contribution in [-0.4, -0.2) is 61.1 Å². The Labute approximate surface area is 208 Å². The first-order valence-electron chi connectivity index (χ1n) is 10.6. The molecule has 0 N–H and O–H groups in total. The number of carbonyl (C=O) groups is 2. The van der Waals surface area contributed by atoms with Crippen molar-refractivity contribution in [1.29, 1.82) is 0 Å². The second-order valence-corrected chi connectivity index (χ2v) is 11.3. The Bertz CT molecular complexity index is 987. The molecule has 0 aliphatic carbocycles. The second-order valence-electron chi connectivity index (χ2n) is 9.50. The van der Waals surface area contributed by atoms with Crippen molar-refractivity contribution >= 4 is 56.8 Å². The third-order valence-electron chi connectivity index (χ3n) is 5.71. The predicted molar refractivity (Wildman–Crippen MR) is 134 cm³/mol. The Hall–Kier alpha value is -1.60. The zero-order valence-electron chi connectivity index (χ0n) is 18.9. The van der Waals surface area contributed by atoms with Gasteiger partial charge in [-0.15, -0.1) is 0 Å². The number of unbranched alkanes of at least 4 members (excludes halogenated alkanes) is 1. The average Bonchev–Trinajstić information content (AvgIpc) is 2.85. The van der Waals surface area contributed by atoms with Gasteiger partial charge < -0.3 is 9.38 Å². The molecule has 1 fully saturated rings. The summed E-state index contributed by atoms with van der Waals surface area (Å²) in [6.07, 6.45) is 2.19. The number of rotatable bonds is 8. The summed E-state index contributed by atoms with van der Waals surface area (Å²) in [5.41, 5.74) is 0.378. The number of carbonyl (C=O) groups excluding carboxylic acids is 2. The van der Waals surface area contributed by atoms with E-state index in [0.29, 0.717) is 28.7 Å². The van der Waals surface area contributed by atoms with Crippen LogP contribution in [0.4, 0.5) is 10.5 Å². The molecular weight excluding hydrogens is 513 g/mol. The number of hydrogen-bond donors (Lipinski definition) is 0. The van der Waals surface area contributed by atoms with Gasteiger partial charge in [0.2, 0.25) is 0 Å². The minimum absolute atomic E-state index is 0.268. The standard InChI is InChI=1S/C24H29BrCl2N3O2/c1-24(16-17-7-9-18(25)10-8-17)22(31)29(21-14-19(26)13-20(27)15-21)23(32)28(24)11-5-6-12-30(2,3)4/h7-10,13-15H,5-6,11-12,16H2,1-4H3/q+1. The highest BCUT2D eigenvalue weighted by Gasteiger charge is 2.54. The molecule has 3 amide bonds. The van der Waals surface area contributed by atoms with Crippen LogP contribution in [0.1, 0.15) is 25.3 Å². The number of hydrogen-bond acceptors (Lipinski definition) is 2. The first-order valence-corrected chi connectivity index (χ1v) is 12.1. The molecule has 2 aromatic carbocycles. The van der Waals surface area contributed by atoms with Gasteiger partial charge in [-0.1, -0.05) is 51.3 Å². The van der Waals surface area contributed by atoms with Crippen LogP contribution in [0.5, 0.6) is 0 Å². The maximum Gasteiger partial charge on any atom is 0.332 e. The van der Waals surface area contributed by atoms with Crippen LogP contribution < -0.4 is 4.90 Å². The molecule has 0 saturated carbocycles. The van der Waals surface area contributed by atoms with Crippen LogP contribution in [0.15, 0.2) is 46.9 Å². The lowest BCUT2D eigenvalue weighted by molar-refractivity contribution is -0.870. The molecule has 0 aromatic heterocycles. The second kappa shape index (κ2) is 9.72. The third-order valence-corrected chi connectivity index (χ3v) is 6.67. The Morgan fingerprint density at radius 3 is 2.12 bits per heavy atom. The summed E-state index contributed by atoms with van der Waals surface area (Å²) in [4.78, 5) is 30.2. The van der Waals surface area contributed by atoms with Gasteiger partial charge in [0.05, 0.1) is 33.4 Å². The smallest absolute Gasteiger partial charge is 0.331 e. The average molecular weight is 542 g/mol. The Morgan fingerprint density at radius 2 is 1.56 bits per heavy atom. The maximum atomic E-state index is 13.7. The molecule has 1 saturated heterocycles. The van der Waals surface area contributed by atoms with Gasteiger partial charge in [-0.25, -0.2) is 9.69 Å². The fourth-order valence-corrected chi connectivity index (χ4v) is 4.82. The highest BCUT2D eigenvalue weighted by Crippen LogP contribution is 2.37. The summed E-state index contributed by atoms with van der Waals surface area (Å²) in [5.74, 6) is -0.268. The zero-order chi connectivity index (χ0) is 23.7. The molecule has 1 heterocycles. The first-order chi connectivity index (χ1) is 14.9. The summed E-state index contributed by atoms with van der Waals surface area (Å²) in [5, 5.41) is 0.758. The number of imide groups is 1. The number of benzene rings is 2. The summed E-state index contributed by atoms with van der Waals surface area (Å²) in [7, 11) is 6.44. The highest BCUT2D eigenvalue weighted by molar-refractivity contribution is 9.10. The van der Waals surface area contributed by atoms with Crippen LogP contribution in [0.2, 0.25) is 10.0 Å². The largest absolute Gasteiger partial charge is 0.332 e. The molecule has 1 atom stereocenters. The van der Waals surface area contributed by atoms with Gasteiger partial charge in [-0.3, -0.25) is 4.79 Å². The molecule has 1 aliphatic rings. The van der Waals surface area contributed by atoms with E-state index in [0.717, 1.165) is 33.9 Å². The van der Waals surface area contributed by atoms with E-state index in [1.165, 1.54) is 4.90 Å². The maximum absolute atomic E-state index is 13.7. The van der Waals surface area contributed by atoms with Crippen molar-refractivity contribution < 1.29 is 14.1 Å². The SMILES string of the molecule is CC1(Cc2ccc(Br)cc2)C(=O)N(c2cc(Cl)cc(Cl)c2)C(=O)N1CCCC[N+](C)(C)C. The summed E-state index contributed by atoms with van der Waals surface area (Å²) < 4.78 is 1.82. The van der Waals surface area contributed by atoms with Crippen LogP contribution in [0, 0.1) is 0 Å². The first kappa shape index (κ1) is 25.0. The van der Waals surface area contributed by atoms with Gasteiger partial charge in [0.15, 0.2) is 0 Å². The molecule has 1 unspecified atom stereocenters. The summed E-state index contributed by atoms with van der Waals surface area (Å²) >= 11 is 15.8. The van der Waals surface area contributed by atoms with Gasteiger partial charge in [-0.2, -0.15) is 0 Å². The van der Waals surface area contributed by atoms with Gasteiger partial charge in [0.1, 0.15) is 5.54 Å². The molecule has 3 rings (SSSR count). The lowest BCUT2D eigenvalue weighted by Crippen LogP contribution is -2.49. The lowest BCUT2D eigenvalue weighted by atomic mass is 9.91. The van der Waals surface area contributed by atoms with Gasteiger partial charge >= 0.3 is 6.03 Å². The number of urea groups is 1. The van der Waals surface area contributed by atoms with E-state index < -0.39 is 5.54 Å². The summed E-state index contributed by atoms with van der Waals surface area (Å²) in [6.45, 7) is 3.34. The molecule has 32 heavy (non-hydrogen) atoms. The van der Waals surface area contributed by atoms with Gasteiger partial charge in [0, 0.05) is 27.5 Å². The van der Waals surface area contributed by atoms with Crippen LogP contribution >= 0.6 is 39.1 Å². The molecule has 5 nitrogen and oxygen atoms in total.